The van der Waals surface area contributed by atoms with Crippen molar-refractivity contribution in [3.8, 4) is 17.2 Å². The van der Waals surface area contributed by atoms with E-state index in [1.807, 2.05) is 0 Å². The van der Waals surface area contributed by atoms with E-state index in [4.69, 9.17) is 23.7 Å². The average Bonchev–Trinajstić information content (AvgIpc) is 2.86. The summed E-state index contributed by atoms with van der Waals surface area (Å²) in [6, 6.07) is 13.2. The minimum absolute atomic E-state index is 0.0137. The second kappa shape index (κ2) is 15.0. The molecule has 180 valence electrons. The maximum Gasteiger partial charge on any atom is 0.343 e. The summed E-state index contributed by atoms with van der Waals surface area (Å²) in [5, 5.41) is 0. The Bertz CT molecular complexity index is 948. The molecule has 34 heavy (non-hydrogen) atoms. The van der Waals surface area contributed by atoms with Crippen molar-refractivity contribution >= 4 is 17.7 Å². The summed E-state index contributed by atoms with van der Waals surface area (Å²) >= 11 is 0. The third kappa shape index (κ3) is 10.1. The van der Waals surface area contributed by atoms with Crippen LogP contribution < -0.4 is 14.2 Å². The van der Waals surface area contributed by atoms with Crippen molar-refractivity contribution in [2.24, 2.45) is 0 Å². The number of allylic oxidation sites excluding steroid dienone is 1. The predicted molar refractivity (Wildman–Crippen MR) is 125 cm³/mol. The first-order valence-corrected chi connectivity index (χ1v) is 10.7. The van der Waals surface area contributed by atoms with Crippen molar-refractivity contribution in [3.63, 3.8) is 0 Å². The fourth-order valence-electron chi connectivity index (χ4n) is 2.58. The van der Waals surface area contributed by atoms with Crippen molar-refractivity contribution in [1.82, 2.24) is 0 Å². The number of ether oxygens (including phenoxy) is 5. The summed E-state index contributed by atoms with van der Waals surface area (Å²) in [7, 11) is 0. The molecule has 2 rings (SSSR count). The summed E-state index contributed by atoms with van der Waals surface area (Å²) in [6.45, 7) is 8.17. The molecule has 0 unspecified atom stereocenters. The molecule has 0 amide bonds. The van der Waals surface area contributed by atoms with Crippen LogP contribution in [0.1, 0.15) is 23.2 Å². The zero-order chi connectivity index (χ0) is 24.6. The second-order valence-corrected chi connectivity index (χ2v) is 6.84. The van der Waals surface area contributed by atoms with Crippen molar-refractivity contribution in [3.05, 3.63) is 79.4 Å². The number of esters is 2. The van der Waals surface area contributed by atoms with Gasteiger partial charge in [-0.05, 0) is 61.0 Å². The van der Waals surface area contributed by atoms with E-state index in [1.165, 1.54) is 6.08 Å². The van der Waals surface area contributed by atoms with E-state index in [0.717, 1.165) is 6.08 Å². The Morgan fingerprint density at radius 3 is 1.94 bits per heavy atom. The molecule has 2 aromatic rings. The number of carbonyl (C=O) groups is 3. The Labute approximate surface area is 198 Å². The van der Waals surface area contributed by atoms with Gasteiger partial charge in [0.25, 0.3) is 0 Å². The standard InChI is InChI=1S/C26H28O8/c1-3-21(27)6-5-15-31-23-11-13-24(14-12-23)34-26(29)20-7-9-22(10-8-20)32-18-16-30-17-19-33-25(28)4-2/h3-4,7-14H,1-2,5-6,15-19H2. The molecule has 0 aromatic heterocycles. The largest absolute Gasteiger partial charge is 0.494 e. The predicted octanol–water partition coefficient (Wildman–Crippen LogP) is 3.94. The van der Waals surface area contributed by atoms with E-state index in [0.29, 0.717) is 55.5 Å². The molecule has 0 spiro atoms. The van der Waals surface area contributed by atoms with E-state index in [9.17, 15) is 14.4 Å². The maximum absolute atomic E-state index is 12.3. The number of benzene rings is 2. The summed E-state index contributed by atoms with van der Waals surface area (Å²) in [5.74, 6) is 0.578. The quantitative estimate of drug-likeness (QED) is 0.158. The molecule has 0 heterocycles. The number of rotatable bonds is 16. The lowest BCUT2D eigenvalue weighted by Gasteiger charge is -2.09. The molecule has 0 radical (unpaired) electrons. The average molecular weight is 469 g/mol. The molecule has 0 saturated carbocycles. The molecule has 0 atom stereocenters. The van der Waals surface area contributed by atoms with Gasteiger partial charge >= 0.3 is 11.9 Å². The molecule has 0 aliphatic heterocycles. The zero-order valence-corrected chi connectivity index (χ0v) is 18.9. The monoisotopic (exact) mass is 468 g/mol. The highest BCUT2D eigenvalue weighted by molar-refractivity contribution is 5.91. The lowest BCUT2D eigenvalue weighted by molar-refractivity contribution is -0.139. The number of hydrogen-bond donors (Lipinski definition) is 0. The van der Waals surface area contributed by atoms with Gasteiger partial charge in [-0.25, -0.2) is 9.59 Å². The normalized spacial score (nSPS) is 10.1. The van der Waals surface area contributed by atoms with E-state index in [-0.39, 0.29) is 19.0 Å². The Morgan fingerprint density at radius 1 is 0.706 bits per heavy atom. The first-order valence-electron chi connectivity index (χ1n) is 10.7. The fourth-order valence-corrected chi connectivity index (χ4v) is 2.58. The SMILES string of the molecule is C=CC(=O)CCCOc1ccc(OC(=O)c2ccc(OCCOCCOC(=O)C=C)cc2)cc1. The molecule has 0 bridgehead atoms. The molecule has 8 heteroatoms. The highest BCUT2D eigenvalue weighted by Gasteiger charge is 2.09. The van der Waals surface area contributed by atoms with Crippen molar-refractivity contribution in [2.45, 2.75) is 12.8 Å². The molecular weight excluding hydrogens is 440 g/mol. The van der Waals surface area contributed by atoms with Gasteiger partial charge in [0.05, 0.1) is 25.4 Å². The van der Waals surface area contributed by atoms with Crippen LogP contribution in [0.4, 0.5) is 0 Å². The topological polar surface area (TPSA) is 97.4 Å². The zero-order valence-electron chi connectivity index (χ0n) is 18.9. The molecule has 0 aliphatic rings. The van der Waals surface area contributed by atoms with Crippen molar-refractivity contribution < 1.29 is 38.1 Å². The van der Waals surface area contributed by atoms with Gasteiger partial charge in [-0.15, -0.1) is 0 Å². The van der Waals surface area contributed by atoms with Crippen LogP contribution in [0.25, 0.3) is 0 Å². The van der Waals surface area contributed by atoms with Crippen LogP contribution >= 0.6 is 0 Å². The van der Waals surface area contributed by atoms with Crippen LogP contribution in [0.3, 0.4) is 0 Å². The van der Waals surface area contributed by atoms with Gasteiger partial charge in [0.1, 0.15) is 30.5 Å². The molecule has 0 aliphatic carbocycles. The highest BCUT2D eigenvalue weighted by Crippen LogP contribution is 2.20. The fraction of sp³-hybridized carbons (Fsp3) is 0.269. The molecule has 0 N–H and O–H groups in total. The van der Waals surface area contributed by atoms with Crippen molar-refractivity contribution in [2.75, 3.05) is 33.0 Å². The van der Waals surface area contributed by atoms with Crippen LogP contribution in [0.5, 0.6) is 17.2 Å². The second-order valence-electron chi connectivity index (χ2n) is 6.84. The van der Waals surface area contributed by atoms with Gasteiger partial charge in [-0.3, -0.25) is 4.79 Å². The lowest BCUT2D eigenvalue weighted by Crippen LogP contribution is -2.12. The summed E-state index contributed by atoms with van der Waals surface area (Å²) in [5.41, 5.74) is 0.375. The van der Waals surface area contributed by atoms with Gasteiger partial charge in [-0.2, -0.15) is 0 Å². The van der Waals surface area contributed by atoms with Crippen LogP contribution in [0.2, 0.25) is 0 Å². The van der Waals surface area contributed by atoms with Crippen molar-refractivity contribution in [1.29, 1.82) is 0 Å². The van der Waals surface area contributed by atoms with Gasteiger partial charge in [0.2, 0.25) is 0 Å². The molecule has 0 fully saturated rings. The van der Waals surface area contributed by atoms with Gasteiger partial charge < -0.3 is 23.7 Å². The third-order valence-corrected chi connectivity index (χ3v) is 4.32. The van der Waals surface area contributed by atoms with E-state index < -0.39 is 11.9 Å². The number of carbonyl (C=O) groups excluding carboxylic acids is 3. The van der Waals surface area contributed by atoms with E-state index in [2.05, 4.69) is 13.2 Å². The van der Waals surface area contributed by atoms with Crippen LogP contribution in [-0.2, 0) is 19.1 Å². The van der Waals surface area contributed by atoms with Crippen LogP contribution in [0.15, 0.2) is 73.8 Å². The first kappa shape index (κ1) is 26.3. The molecular formula is C26H28O8. The minimum Gasteiger partial charge on any atom is -0.494 e. The first-order chi connectivity index (χ1) is 16.5. The Kier molecular flexibility index (Phi) is 11.6. The highest BCUT2D eigenvalue weighted by atomic mass is 16.6. The summed E-state index contributed by atoms with van der Waals surface area (Å²) in [4.78, 5) is 34.4. The van der Waals surface area contributed by atoms with Gasteiger partial charge in [0, 0.05) is 12.5 Å². The smallest absolute Gasteiger partial charge is 0.343 e. The van der Waals surface area contributed by atoms with Crippen LogP contribution in [-0.4, -0.2) is 50.8 Å². The maximum atomic E-state index is 12.3. The Hall–Kier alpha value is -3.91. The molecule has 8 nitrogen and oxygen atoms in total. The number of ketones is 1. The Morgan fingerprint density at radius 2 is 1.29 bits per heavy atom. The lowest BCUT2D eigenvalue weighted by atomic mass is 10.2. The van der Waals surface area contributed by atoms with E-state index >= 15 is 0 Å². The summed E-state index contributed by atoms with van der Waals surface area (Å²) in [6.07, 6.45) is 3.39. The number of hydrogen-bond acceptors (Lipinski definition) is 8. The minimum atomic E-state index is -0.499. The molecule has 0 saturated heterocycles. The van der Waals surface area contributed by atoms with Gasteiger partial charge in [-0.1, -0.05) is 13.2 Å². The third-order valence-electron chi connectivity index (χ3n) is 4.32. The molecule has 2 aromatic carbocycles. The van der Waals surface area contributed by atoms with Crippen LogP contribution in [0, 0.1) is 0 Å². The van der Waals surface area contributed by atoms with E-state index in [1.54, 1.807) is 48.5 Å². The summed E-state index contributed by atoms with van der Waals surface area (Å²) < 4.78 is 26.6. The Balaban J connectivity index is 1.68. The van der Waals surface area contributed by atoms with Gasteiger partial charge in [0.15, 0.2) is 5.78 Å².